The molecule has 0 aromatic heterocycles. The number of hydrogen-bond donors (Lipinski definition) is 1. The highest BCUT2D eigenvalue weighted by molar-refractivity contribution is 5.92. The molecule has 0 bridgehead atoms. The summed E-state index contributed by atoms with van der Waals surface area (Å²) in [6, 6.07) is 3.58. The molecular weight excluding hydrogens is 319 g/mol. The molecule has 0 saturated carbocycles. The van der Waals surface area contributed by atoms with E-state index >= 15 is 0 Å². The molecule has 1 heterocycles. The third-order valence-corrected chi connectivity index (χ3v) is 3.78. The zero-order valence-electron chi connectivity index (χ0n) is 13.3. The molecule has 1 aromatic carbocycles. The van der Waals surface area contributed by atoms with Crippen LogP contribution in [0.3, 0.4) is 0 Å². The Bertz CT molecular complexity index is 649. The third kappa shape index (κ3) is 4.21. The number of piperidine rings is 1. The van der Waals surface area contributed by atoms with Gasteiger partial charge in [0.2, 0.25) is 5.91 Å². The van der Waals surface area contributed by atoms with Gasteiger partial charge in [-0.1, -0.05) is 0 Å². The lowest BCUT2D eigenvalue weighted by atomic mass is 10.1. The molecule has 1 atom stereocenters. The Morgan fingerprint density at radius 1 is 1.42 bits per heavy atom. The summed E-state index contributed by atoms with van der Waals surface area (Å²) in [7, 11) is 1.28. The van der Waals surface area contributed by atoms with Crippen molar-refractivity contribution >= 4 is 17.8 Å². The molecule has 7 nitrogen and oxygen atoms in total. The fourth-order valence-electron chi connectivity index (χ4n) is 2.47. The van der Waals surface area contributed by atoms with Crippen molar-refractivity contribution in [3.05, 3.63) is 29.6 Å². The van der Waals surface area contributed by atoms with E-state index in [2.05, 4.69) is 4.74 Å². The predicted octanol–water partition coefficient (Wildman–Crippen LogP) is 0.857. The van der Waals surface area contributed by atoms with E-state index in [0.717, 1.165) is 6.07 Å². The summed E-state index contributed by atoms with van der Waals surface area (Å²) in [5, 5.41) is 0. The number of ether oxygens (including phenoxy) is 2. The molecule has 2 rings (SSSR count). The van der Waals surface area contributed by atoms with Gasteiger partial charge in [0.15, 0.2) is 17.7 Å². The minimum absolute atomic E-state index is 0.0227. The number of likely N-dealkylation sites (tertiary alicyclic amines) is 1. The molecule has 1 fully saturated rings. The van der Waals surface area contributed by atoms with E-state index in [1.165, 1.54) is 24.1 Å². The van der Waals surface area contributed by atoms with E-state index in [0.29, 0.717) is 19.4 Å². The molecular formula is C16H19FN2O5. The van der Waals surface area contributed by atoms with Gasteiger partial charge in [-0.2, -0.15) is 0 Å². The van der Waals surface area contributed by atoms with Crippen molar-refractivity contribution in [2.45, 2.75) is 25.4 Å². The van der Waals surface area contributed by atoms with Crippen LogP contribution in [-0.2, 0) is 14.3 Å². The molecule has 2 amide bonds. The molecule has 1 aromatic rings. The number of nitrogens with zero attached hydrogens (tertiary/aromatic N) is 1. The van der Waals surface area contributed by atoms with Crippen molar-refractivity contribution < 1.29 is 28.2 Å². The minimum Gasteiger partial charge on any atom is -0.478 e. The Labute approximate surface area is 138 Å². The second-order valence-electron chi connectivity index (χ2n) is 5.41. The van der Waals surface area contributed by atoms with Gasteiger partial charge in [0.25, 0.3) is 5.91 Å². The van der Waals surface area contributed by atoms with E-state index < -0.39 is 23.8 Å². The average Bonchev–Trinajstić information content (AvgIpc) is 2.56. The van der Waals surface area contributed by atoms with Gasteiger partial charge in [0.05, 0.1) is 13.5 Å². The van der Waals surface area contributed by atoms with Gasteiger partial charge in [-0.15, -0.1) is 0 Å². The zero-order valence-corrected chi connectivity index (χ0v) is 13.3. The normalized spacial score (nSPS) is 17.5. The van der Waals surface area contributed by atoms with Crippen LogP contribution in [0, 0.1) is 5.82 Å². The molecule has 24 heavy (non-hydrogen) atoms. The van der Waals surface area contributed by atoms with Crippen molar-refractivity contribution in [1.82, 2.24) is 4.90 Å². The Hall–Kier alpha value is -2.64. The molecule has 8 heteroatoms. The van der Waals surface area contributed by atoms with Crippen molar-refractivity contribution in [2.24, 2.45) is 5.73 Å². The number of esters is 1. The van der Waals surface area contributed by atoms with Crippen molar-refractivity contribution in [2.75, 3.05) is 20.2 Å². The van der Waals surface area contributed by atoms with Crippen LogP contribution in [0.1, 0.15) is 29.6 Å². The van der Waals surface area contributed by atoms with Gasteiger partial charge >= 0.3 is 5.97 Å². The maximum Gasteiger partial charge on any atom is 0.307 e. The highest BCUT2D eigenvalue weighted by Crippen LogP contribution is 2.23. The summed E-state index contributed by atoms with van der Waals surface area (Å²) in [4.78, 5) is 36.1. The fourth-order valence-corrected chi connectivity index (χ4v) is 2.47. The number of primary amides is 1. The number of halogens is 1. The van der Waals surface area contributed by atoms with Crippen molar-refractivity contribution in [3.8, 4) is 5.75 Å². The number of hydrogen-bond acceptors (Lipinski definition) is 5. The molecule has 2 N–H and O–H groups in total. The van der Waals surface area contributed by atoms with E-state index in [4.69, 9.17) is 10.5 Å². The van der Waals surface area contributed by atoms with Crippen LogP contribution in [0.4, 0.5) is 4.39 Å². The smallest absolute Gasteiger partial charge is 0.307 e. The molecule has 0 aliphatic carbocycles. The monoisotopic (exact) mass is 338 g/mol. The molecule has 1 aliphatic heterocycles. The highest BCUT2D eigenvalue weighted by atomic mass is 19.1. The van der Waals surface area contributed by atoms with Crippen LogP contribution in [0.25, 0.3) is 0 Å². The van der Waals surface area contributed by atoms with E-state index in [1.54, 1.807) is 0 Å². The van der Waals surface area contributed by atoms with Gasteiger partial charge in [-0.05, 0) is 31.0 Å². The van der Waals surface area contributed by atoms with Crippen LogP contribution in [0.2, 0.25) is 0 Å². The lowest BCUT2D eigenvalue weighted by molar-refractivity contribution is -0.145. The van der Waals surface area contributed by atoms with Crippen LogP contribution < -0.4 is 10.5 Å². The zero-order chi connectivity index (χ0) is 17.7. The largest absolute Gasteiger partial charge is 0.478 e. The van der Waals surface area contributed by atoms with Gasteiger partial charge in [-0.3, -0.25) is 14.4 Å². The van der Waals surface area contributed by atoms with Crippen LogP contribution in [0.5, 0.6) is 5.75 Å². The molecule has 0 radical (unpaired) electrons. The summed E-state index contributed by atoms with van der Waals surface area (Å²) >= 11 is 0. The van der Waals surface area contributed by atoms with Gasteiger partial charge in [0, 0.05) is 18.7 Å². The Morgan fingerprint density at radius 2 is 2.17 bits per heavy atom. The fraction of sp³-hybridized carbons (Fsp3) is 0.438. The molecule has 1 unspecified atom stereocenters. The van der Waals surface area contributed by atoms with Crippen LogP contribution >= 0.6 is 0 Å². The standard InChI is InChI=1S/C16H19FN2O5/c1-23-14(20)6-8-19-7-2-3-13(16(19)22)24-12-5-4-10(15(18)21)9-11(12)17/h4-5,9,13H,2-3,6-8H2,1H3,(H2,18,21). The molecule has 1 saturated heterocycles. The summed E-state index contributed by atoms with van der Waals surface area (Å²) in [6.07, 6.45) is 0.394. The van der Waals surface area contributed by atoms with Gasteiger partial charge in [-0.25, -0.2) is 4.39 Å². The highest BCUT2D eigenvalue weighted by Gasteiger charge is 2.31. The van der Waals surface area contributed by atoms with Crippen LogP contribution in [0.15, 0.2) is 18.2 Å². The number of carbonyl (C=O) groups is 3. The predicted molar refractivity (Wildman–Crippen MR) is 81.8 cm³/mol. The summed E-state index contributed by atoms with van der Waals surface area (Å²) < 4.78 is 24.0. The molecule has 1 aliphatic rings. The Kier molecular flexibility index (Phi) is 5.73. The number of methoxy groups -OCH3 is 1. The maximum atomic E-state index is 14.0. The molecule has 0 spiro atoms. The van der Waals surface area contributed by atoms with Crippen molar-refractivity contribution in [1.29, 1.82) is 0 Å². The Balaban J connectivity index is 2.02. The summed E-state index contributed by atoms with van der Waals surface area (Å²) in [6.45, 7) is 0.743. The first kappa shape index (κ1) is 17.7. The second kappa shape index (κ2) is 7.76. The second-order valence-corrected chi connectivity index (χ2v) is 5.41. The SMILES string of the molecule is COC(=O)CCN1CCCC(Oc2ccc(C(N)=O)cc2F)C1=O. The minimum atomic E-state index is -0.828. The average molecular weight is 338 g/mol. The first-order chi connectivity index (χ1) is 11.4. The number of benzene rings is 1. The number of rotatable bonds is 6. The van der Waals surface area contributed by atoms with Gasteiger partial charge < -0.3 is 20.1 Å². The quantitative estimate of drug-likeness (QED) is 0.776. The number of amides is 2. The lowest BCUT2D eigenvalue weighted by Crippen LogP contribution is -2.47. The summed E-state index contributed by atoms with van der Waals surface area (Å²) in [5.41, 5.74) is 5.10. The van der Waals surface area contributed by atoms with Gasteiger partial charge in [0.1, 0.15) is 0 Å². The van der Waals surface area contributed by atoms with E-state index in [-0.39, 0.29) is 30.2 Å². The van der Waals surface area contributed by atoms with E-state index in [1.807, 2.05) is 0 Å². The first-order valence-corrected chi connectivity index (χ1v) is 7.54. The number of nitrogens with two attached hydrogens (primary N) is 1. The molecule has 130 valence electrons. The first-order valence-electron chi connectivity index (χ1n) is 7.54. The third-order valence-electron chi connectivity index (χ3n) is 3.78. The van der Waals surface area contributed by atoms with Crippen molar-refractivity contribution in [3.63, 3.8) is 0 Å². The Morgan fingerprint density at radius 3 is 2.79 bits per heavy atom. The number of carbonyl (C=O) groups excluding carboxylic acids is 3. The van der Waals surface area contributed by atoms with E-state index in [9.17, 15) is 18.8 Å². The maximum absolute atomic E-state index is 14.0. The topological polar surface area (TPSA) is 98.9 Å². The van der Waals surface area contributed by atoms with Crippen LogP contribution in [-0.4, -0.2) is 49.0 Å². The summed E-state index contributed by atoms with van der Waals surface area (Å²) in [5.74, 6) is -2.33. The lowest BCUT2D eigenvalue weighted by Gasteiger charge is -2.32.